The van der Waals surface area contributed by atoms with Crippen LogP contribution >= 0.6 is 11.8 Å². The van der Waals surface area contributed by atoms with E-state index in [0.717, 1.165) is 0 Å². The molecule has 1 N–H and O–H groups in total. The van der Waals surface area contributed by atoms with Gasteiger partial charge in [0.1, 0.15) is 10.6 Å². The third-order valence-electron chi connectivity index (χ3n) is 2.86. The normalized spacial score (nSPS) is 28.5. The van der Waals surface area contributed by atoms with Gasteiger partial charge in [-0.1, -0.05) is 13.0 Å². The van der Waals surface area contributed by atoms with Crippen molar-refractivity contribution in [2.75, 3.05) is 0 Å². The highest BCUT2D eigenvalue weighted by Gasteiger charge is 2.49. The van der Waals surface area contributed by atoms with Gasteiger partial charge >= 0.3 is 5.97 Å². The standard InChI is InChI=1S/C12H13FO2S/c1-8-6-12(7-8,11(14)15)16-10-4-2-3-9(13)5-10/h2-5,8H,6-7H2,1H3,(H,14,15). The molecular weight excluding hydrogens is 227 g/mol. The van der Waals surface area contributed by atoms with Gasteiger partial charge in [-0.25, -0.2) is 4.39 Å². The number of hydrogen-bond acceptors (Lipinski definition) is 2. The molecule has 1 aromatic carbocycles. The maximum absolute atomic E-state index is 13.0. The summed E-state index contributed by atoms with van der Waals surface area (Å²) in [6, 6.07) is 6.11. The molecule has 4 heteroatoms. The summed E-state index contributed by atoms with van der Waals surface area (Å²) in [5, 5.41) is 9.22. The van der Waals surface area contributed by atoms with Gasteiger partial charge in [-0.3, -0.25) is 4.79 Å². The summed E-state index contributed by atoms with van der Waals surface area (Å²) < 4.78 is 12.2. The second kappa shape index (κ2) is 4.09. The molecule has 0 aromatic heterocycles. The maximum Gasteiger partial charge on any atom is 0.320 e. The summed E-state index contributed by atoms with van der Waals surface area (Å²) in [5.74, 6) is -0.671. The Kier molecular flexibility index (Phi) is 2.93. The van der Waals surface area contributed by atoms with E-state index in [0.29, 0.717) is 23.7 Å². The molecule has 0 heterocycles. The van der Waals surface area contributed by atoms with E-state index >= 15 is 0 Å². The average molecular weight is 240 g/mol. The number of carbonyl (C=O) groups is 1. The van der Waals surface area contributed by atoms with Gasteiger partial charge in [-0.2, -0.15) is 0 Å². The van der Waals surface area contributed by atoms with Crippen LogP contribution < -0.4 is 0 Å². The maximum atomic E-state index is 13.0. The molecule has 0 saturated heterocycles. The van der Waals surface area contributed by atoms with Crippen LogP contribution in [0.3, 0.4) is 0 Å². The number of benzene rings is 1. The fourth-order valence-corrected chi connectivity index (χ4v) is 3.72. The van der Waals surface area contributed by atoms with Gasteiger partial charge < -0.3 is 5.11 Å². The Balaban J connectivity index is 2.16. The quantitative estimate of drug-likeness (QED) is 0.881. The fourth-order valence-electron chi connectivity index (χ4n) is 2.12. The third kappa shape index (κ3) is 2.07. The molecule has 1 aromatic rings. The zero-order valence-electron chi connectivity index (χ0n) is 8.94. The van der Waals surface area contributed by atoms with E-state index in [9.17, 15) is 14.3 Å². The van der Waals surface area contributed by atoms with E-state index < -0.39 is 10.7 Å². The van der Waals surface area contributed by atoms with E-state index in [-0.39, 0.29) is 5.82 Å². The summed E-state index contributed by atoms with van der Waals surface area (Å²) in [6.07, 6.45) is 1.31. The zero-order valence-corrected chi connectivity index (χ0v) is 9.76. The van der Waals surface area contributed by atoms with E-state index in [1.807, 2.05) is 6.92 Å². The van der Waals surface area contributed by atoms with Crippen molar-refractivity contribution in [1.29, 1.82) is 0 Å². The Labute approximate surface area is 97.9 Å². The minimum absolute atomic E-state index is 0.321. The Bertz CT molecular complexity index is 413. The molecule has 1 fully saturated rings. The van der Waals surface area contributed by atoms with Gasteiger partial charge in [-0.15, -0.1) is 11.8 Å². The van der Waals surface area contributed by atoms with Gasteiger partial charge in [0.25, 0.3) is 0 Å². The number of rotatable bonds is 3. The summed E-state index contributed by atoms with van der Waals surface area (Å²) in [7, 11) is 0. The van der Waals surface area contributed by atoms with Gasteiger partial charge in [-0.05, 0) is 37.0 Å². The van der Waals surface area contributed by atoms with Crippen LogP contribution in [-0.2, 0) is 4.79 Å². The van der Waals surface area contributed by atoms with Gasteiger partial charge in [0, 0.05) is 4.90 Å². The fraction of sp³-hybridized carbons (Fsp3) is 0.417. The minimum atomic E-state index is -0.792. The SMILES string of the molecule is CC1CC(Sc2cccc(F)c2)(C(=O)O)C1. The van der Waals surface area contributed by atoms with Crippen molar-refractivity contribution in [3.8, 4) is 0 Å². The highest BCUT2D eigenvalue weighted by atomic mass is 32.2. The van der Waals surface area contributed by atoms with Crippen LogP contribution in [0.1, 0.15) is 19.8 Å². The number of halogens is 1. The number of carboxylic acids is 1. The smallest absolute Gasteiger partial charge is 0.320 e. The van der Waals surface area contributed by atoms with Crippen LogP contribution in [0.5, 0.6) is 0 Å². The number of aliphatic carboxylic acids is 1. The third-order valence-corrected chi connectivity index (χ3v) is 4.24. The summed E-state index contributed by atoms with van der Waals surface area (Å²) in [5.41, 5.74) is 0. The predicted octanol–water partition coefficient (Wildman–Crippen LogP) is 3.17. The summed E-state index contributed by atoms with van der Waals surface area (Å²) >= 11 is 1.26. The second-order valence-electron chi connectivity index (χ2n) is 4.37. The van der Waals surface area contributed by atoms with E-state index in [1.165, 1.54) is 23.9 Å². The van der Waals surface area contributed by atoms with E-state index in [4.69, 9.17) is 0 Å². The molecule has 2 nitrogen and oxygen atoms in total. The van der Waals surface area contributed by atoms with Gasteiger partial charge in [0.15, 0.2) is 0 Å². The molecule has 0 unspecified atom stereocenters. The monoisotopic (exact) mass is 240 g/mol. The number of hydrogen-bond donors (Lipinski definition) is 1. The van der Waals surface area contributed by atoms with Crippen LogP contribution in [0.25, 0.3) is 0 Å². The topological polar surface area (TPSA) is 37.3 Å². The van der Waals surface area contributed by atoms with Crippen molar-refractivity contribution in [3.05, 3.63) is 30.1 Å². The van der Waals surface area contributed by atoms with Crippen molar-refractivity contribution in [2.45, 2.75) is 29.4 Å². The second-order valence-corrected chi connectivity index (χ2v) is 5.83. The first-order valence-corrected chi connectivity index (χ1v) is 6.01. The Morgan fingerprint density at radius 1 is 1.56 bits per heavy atom. The average Bonchev–Trinajstić information content (AvgIpc) is 2.14. The van der Waals surface area contributed by atoms with Crippen molar-refractivity contribution in [2.24, 2.45) is 5.92 Å². The molecule has 0 spiro atoms. The Morgan fingerprint density at radius 2 is 2.25 bits per heavy atom. The predicted molar refractivity (Wildman–Crippen MR) is 61.0 cm³/mol. The molecule has 2 rings (SSSR count). The highest BCUT2D eigenvalue weighted by Crippen LogP contribution is 2.50. The molecule has 1 saturated carbocycles. The minimum Gasteiger partial charge on any atom is -0.480 e. The lowest BCUT2D eigenvalue weighted by atomic mass is 9.75. The van der Waals surface area contributed by atoms with Crippen LogP contribution in [-0.4, -0.2) is 15.8 Å². The zero-order chi connectivity index (χ0) is 11.8. The lowest BCUT2D eigenvalue weighted by Crippen LogP contribution is -2.46. The van der Waals surface area contributed by atoms with Crippen LogP contribution in [0, 0.1) is 11.7 Å². The summed E-state index contributed by atoms with van der Waals surface area (Å²) in [4.78, 5) is 11.9. The van der Waals surface area contributed by atoms with Crippen molar-refractivity contribution < 1.29 is 14.3 Å². The van der Waals surface area contributed by atoms with Gasteiger partial charge in [0.2, 0.25) is 0 Å². The number of carboxylic acid groups (broad SMARTS) is 1. The van der Waals surface area contributed by atoms with Crippen molar-refractivity contribution in [3.63, 3.8) is 0 Å². The molecular formula is C12H13FO2S. The molecule has 0 bridgehead atoms. The van der Waals surface area contributed by atoms with Crippen molar-refractivity contribution >= 4 is 17.7 Å². The first-order valence-electron chi connectivity index (χ1n) is 5.20. The molecule has 0 atom stereocenters. The highest BCUT2D eigenvalue weighted by molar-refractivity contribution is 8.01. The van der Waals surface area contributed by atoms with Crippen LogP contribution in [0.4, 0.5) is 4.39 Å². The first-order chi connectivity index (χ1) is 7.52. The molecule has 1 aliphatic rings. The van der Waals surface area contributed by atoms with Gasteiger partial charge in [0.05, 0.1) is 0 Å². The lowest BCUT2D eigenvalue weighted by Gasteiger charge is -2.42. The summed E-state index contributed by atoms with van der Waals surface area (Å²) in [6.45, 7) is 2.04. The van der Waals surface area contributed by atoms with Crippen molar-refractivity contribution in [1.82, 2.24) is 0 Å². The molecule has 0 radical (unpaired) electrons. The largest absolute Gasteiger partial charge is 0.480 e. The van der Waals surface area contributed by atoms with E-state index in [1.54, 1.807) is 12.1 Å². The molecule has 1 aliphatic carbocycles. The first kappa shape index (κ1) is 11.5. The molecule has 0 aliphatic heterocycles. The Hall–Kier alpha value is -1.03. The number of thioether (sulfide) groups is 1. The molecule has 16 heavy (non-hydrogen) atoms. The lowest BCUT2D eigenvalue weighted by molar-refractivity contribution is -0.143. The molecule has 86 valence electrons. The van der Waals surface area contributed by atoms with Crippen LogP contribution in [0.15, 0.2) is 29.2 Å². The van der Waals surface area contributed by atoms with Crippen LogP contribution in [0.2, 0.25) is 0 Å². The van der Waals surface area contributed by atoms with E-state index in [2.05, 4.69) is 0 Å². The Morgan fingerprint density at radius 3 is 2.75 bits per heavy atom. The molecule has 0 amide bonds.